The fourth-order valence-electron chi connectivity index (χ4n) is 1.73. The van der Waals surface area contributed by atoms with Crippen LogP contribution in [-0.2, 0) is 6.18 Å². The van der Waals surface area contributed by atoms with E-state index in [1.54, 1.807) is 0 Å². The smallest absolute Gasteiger partial charge is 0.383 e. The van der Waals surface area contributed by atoms with Crippen molar-refractivity contribution in [1.82, 2.24) is 9.97 Å². The van der Waals surface area contributed by atoms with Crippen molar-refractivity contribution in [2.45, 2.75) is 13.1 Å². The quantitative estimate of drug-likeness (QED) is 0.810. The molecule has 0 saturated carbocycles. The predicted molar refractivity (Wildman–Crippen MR) is 61.6 cm³/mol. The number of alkyl halides is 3. The molecule has 3 nitrogen and oxygen atoms in total. The maximum absolute atomic E-state index is 13.6. The van der Waals surface area contributed by atoms with Gasteiger partial charge in [-0.1, -0.05) is 18.2 Å². The molecule has 0 bridgehead atoms. The van der Waals surface area contributed by atoms with Gasteiger partial charge in [-0.15, -0.1) is 0 Å². The third kappa shape index (κ3) is 2.49. The van der Waals surface area contributed by atoms with Gasteiger partial charge < -0.3 is 5.73 Å². The first-order valence-electron chi connectivity index (χ1n) is 5.27. The summed E-state index contributed by atoms with van der Waals surface area (Å²) in [6, 6.07) is 5.04. The van der Waals surface area contributed by atoms with Crippen LogP contribution >= 0.6 is 0 Å². The standard InChI is InChI=1S/C12H9F4N3/c1-6-18-10(12(14,15)16)9(11(17)19-6)7-4-2-3-5-8(7)13/h2-5H,1H3,(H2,17,18,19). The van der Waals surface area contributed by atoms with Crippen LogP contribution in [0.15, 0.2) is 24.3 Å². The van der Waals surface area contributed by atoms with E-state index in [0.717, 1.165) is 6.07 Å². The van der Waals surface area contributed by atoms with E-state index < -0.39 is 29.1 Å². The van der Waals surface area contributed by atoms with Gasteiger partial charge >= 0.3 is 6.18 Å². The lowest BCUT2D eigenvalue weighted by Crippen LogP contribution is -2.14. The van der Waals surface area contributed by atoms with Gasteiger partial charge in [-0.05, 0) is 13.0 Å². The Morgan fingerprint density at radius 2 is 1.74 bits per heavy atom. The number of aromatic nitrogens is 2. The fourth-order valence-corrected chi connectivity index (χ4v) is 1.73. The molecule has 0 aliphatic heterocycles. The largest absolute Gasteiger partial charge is 0.434 e. The highest BCUT2D eigenvalue weighted by atomic mass is 19.4. The van der Waals surface area contributed by atoms with Crippen molar-refractivity contribution in [3.8, 4) is 11.1 Å². The van der Waals surface area contributed by atoms with Crippen LogP contribution in [0.3, 0.4) is 0 Å². The highest BCUT2D eigenvalue weighted by Crippen LogP contribution is 2.39. The van der Waals surface area contributed by atoms with Crippen molar-refractivity contribution < 1.29 is 17.6 Å². The van der Waals surface area contributed by atoms with Crippen molar-refractivity contribution in [2.75, 3.05) is 5.73 Å². The number of rotatable bonds is 1. The van der Waals surface area contributed by atoms with E-state index in [9.17, 15) is 17.6 Å². The summed E-state index contributed by atoms with van der Waals surface area (Å²) in [7, 11) is 0. The molecule has 0 aliphatic rings. The predicted octanol–water partition coefficient (Wildman–Crippen LogP) is 3.19. The number of halogens is 4. The number of hydrogen-bond donors (Lipinski definition) is 1. The first kappa shape index (κ1) is 13.3. The summed E-state index contributed by atoms with van der Waals surface area (Å²) < 4.78 is 52.5. The molecule has 1 heterocycles. The topological polar surface area (TPSA) is 51.8 Å². The van der Waals surface area contributed by atoms with Gasteiger partial charge in [-0.3, -0.25) is 0 Å². The second-order valence-electron chi connectivity index (χ2n) is 3.86. The van der Waals surface area contributed by atoms with Crippen molar-refractivity contribution in [1.29, 1.82) is 0 Å². The van der Waals surface area contributed by atoms with Crippen LogP contribution < -0.4 is 5.73 Å². The monoisotopic (exact) mass is 271 g/mol. The van der Waals surface area contributed by atoms with E-state index in [1.807, 2.05) is 0 Å². The Morgan fingerprint density at radius 3 is 2.32 bits per heavy atom. The molecule has 0 fully saturated rings. The zero-order chi connectivity index (χ0) is 14.2. The van der Waals surface area contributed by atoms with Crippen molar-refractivity contribution in [2.24, 2.45) is 0 Å². The Kier molecular flexibility index (Phi) is 3.13. The third-order valence-corrected chi connectivity index (χ3v) is 2.46. The molecular formula is C12H9F4N3. The third-order valence-electron chi connectivity index (χ3n) is 2.46. The minimum absolute atomic E-state index is 0.120. The molecule has 0 saturated heterocycles. The molecule has 2 N–H and O–H groups in total. The number of nitrogens with two attached hydrogens (primary N) is 1. The Hall–Kier alpha value is -2.18. The summed E-state index contributed by atoms with van der Waals surface area (Å²) in [5.41, 5.74) is 3.47. The molecule has 2 aromatic rings. The highest BCUT2D eigenvalue weighted by molar-refractivity contribution is 5.76. The molecule has 100 valence electrons. The average molecular weight is 271 g/mol. The lowest BCUT2D eigenvalue weighted by molar-refractivity contribution is -0.140. The molecule has 0 spiro atoms. The zero-order valence-electron chi connectivity index (χ0n) is 9.79. The van der Waals surface area contributed by atoms with Crippen LogP contribution in [0.4, 0.5) is 23.4 Å². The zero-order valence-corrected chi connectivity index (χ0v) is 9.79. The Morgan fingerprint density at radius 1 is 1.11 bits per heavy atom. The average Bonchev–Trinajstić information content (AvgIpc) is 2.28. The molecule has 0 aliphatic carbocycles. The number of benzene rings is 1. The molecule has 2 rings (SSSR count). The minimum Gasteiger partial charge on any atom is -0.383 e. The molecule has 0 atom stereocenters. The summed E-state index contributed by atoms with van der Waals surface area (Å²) >= 11 is 0. The van der Waals surface area contributed by atoms with Crippen molar-refractivity contribution >= 4 is 5.82 Å². The maximum Gasteiger partial charge on any atom is 0.434 e. The Bertz CT molecular complexity index is 623. The molecule has 1 aromatic heterocycles. The summed E-state index contributed by atoms with van der Waals surface area (Å²) in [6.07, 6.45) is -4.74. The van der Waals surface area contributed by atoms with Crippen LogP contribution in [0, 0.1) is 12.7 Å². The van der Waals surface area contributed by atoms with E-state index in [1.165, 1.54) is 25.1 Å². The first-order chi connectivity index (χ1) is 8.80. The maximum atomic E-state index is 13.6. The van der Waals surface area contributed by atoms with E-state index in [0.29, 0.717) is 0 Å². The number of hydrogen-bond acceptors (Lipinski definition) is 3. The molecule has 19 heavy (non-hydrogen) atoms. The van der Waals surface area contributed by atoms with Gasteiger partial charge in [0.15, 0.2) is 5.69 Å². The van der Waals surface area contributed by atoms with Gasteiger partial charge in [-0.25, -0.2) is 14.4 Å². The van der Waals surface area contributed by atoms with Crippen molar-refractivity contribution in [3.63, 3.8) is 0 Å². The van der Waals surface area contributed by atoms with Gasteiger partial charge in [0.1, 0.15) is 17.5 Å². The van der Waals surface area contributed by atoms with Gasteiger partial charge in [0.05, 0.1) is 5.56 Å². The van der Waals surface area contributed by atoms with E-state index in [2.05, 4.69) is 9.97 Å². The molecule has 1 aromatic carbocycles. The van der Waals surface area contributed by atoms with Crippen LogP contribution in [0.25, 0.3) is 11.1 Å². The number of aryl methyl sites for hydroxylation is 1. The summed E-state index contributed by atoms with van der Waals surface area (Å²) in [6.45, 7) is 1.29. The normalized spacial score (nSPS) is 11.6. The van der Waals surface area contributed by atoms with Crippen LogP contribution in [0.5, 0.6) is 0 Å². The lowest BCUT2D eigenvalue weighted by atomic mass is 10.0. The molecule has 0 amide bonds. The van der Waals surface area contributed by atoms with Crippen molar-refractivity contribution in [3.05, 3.63) is 41.6 Å². The minimum atomic E-state index is -4.74. The SMILES string of the molecule is Cc1nc(N)c(-c2ccccc2F)c(C(F)(F)F)n1. The number of anilines is 1. The second-order valence-corrected chi connectivity index (χ2v) is 3.86. The molecule has 0 unspecified atom stereocenters. The lowest BCUT2D eigenvalue weighted by Gasteiger charge is -2.14. The Labute approximate surface area is 106 Å². The molecule has 7 heteroatoms. The second kappa shape index (κ2) is 4.49. The first-order valence-corrected chi connectivity index (χ1v) is 5.27. The highest BCUT2D eigenvalue weighted by Gasteiger charge is 2.38. The van der Waals surface area contributed by atoms with Gasteiger partial charge in [0.2, 0.25) is 0 Å². The number of nitrogens with zero attached hydrogens (tertiary/aromatic N) is 2. The van der Waals surface area contributed by atoms with Gasteiger partial charge in [0, 0.05) is 5.56 Å². The van der Waals surface area contributed by atoms with Crippen LogP contribution in [0.1, 0.15) is 11.5 Å². The van der Waals surface area contributed by atoms with Gasteiger partial charge in [-0.2, -0.15) is 13.2 Å². The van der Waals surface area contributed by atoms with Gasteiger partial charge in [0.25, 0.3) is 0 Å². The Balaban J connectivity index is 2.80. The number of nitrogen functional groups attached to an aromatic ring is 1. The molecule has 0 radical (unpaired) electrons. The summed E-state index contributed by atoms with van der Waals surface area (Å²) in [5, 5.41) is 0. The molecular weight excluding hydrogens is 262 g/mol. The van der Waals surface area contributed by atoms with Crippen LogP contribution in [0.2, 0.25) is 0 Å². The van der Waals surface area contributed by atoms with E-state index >= 15 is 0 Å². The summed E-state index contributed by atoms with van der Waals surface area (Å²) in [5.74, 6) is -1.33. The fraction of sp³-hybridized carbons (Fsp3) is 0.167. The summed E-state index contributed by atoms with van der Waals surface area (Å²) in [4.78, 5) is 7.01. The van der Waals surface area contributed by atoms with Crippen LogP contribution in [-0.4, -0.2) is 9.97 Å². The van der Waals surface area contributed by atoms with E-state index in [-0.39, 0.29) is 11.4 Å². The van der Waals surface area contributed by atoms with E-state index in [4.69, 9.17) is 5.73 Å².